The zero-order chi connectivity index (χ0) is 13.2. The molecule has 1 atom stereocenters. The molecule has 4 heteroatoms. The van der Waals surface area contributed by atoms with E-state index in [-0.39, 0.29) is 0 Å². The van der Waals surface area contributed by atoms with E-state index in [9.17, 15) is 0 Å². The van der Waals surface area contributed by atoms with Gasteiger partial charge in [0, 0.05) is 31.1 Å². The maximum atomic E-state index is 4.77. The topological polar surface area (TPSA) is 33.1 Å². The van der Waals surface area contributed by atoms with Crippen LogP contribution in [0.2, 0.25) is 0 Å². The summed E-state index contributed by atoms with van der Waals surface area (Å²) in [6.45, 7) is 6.24. The van der Waals surface area contributed by atoms with Gasteiger partial charge in [-0.25, -0.2) is 0 Å². The first-order valence-corrected chi connectivity index (χ1v) is 7.15. The van der Waals surface area contributed by atoms with Crippen LogP contribution in [0.1, 0.15) is 19.0 Å². The number of rotatable bonds is 4. The van der Waals surface area contributed by atoms with Gasteiger partial charge in [0.15, 0.2) is 0 Å². The molecular formula is C15H22N4. The van der Waals surface area contributed by atoms with Crippen LogP contribution in [0.25, 0.3) is 10.9 Å². The predicted molar refractivity (Wildman–Crippen MR) is 78.1 cm³/mol. The van der Waals surface area contributed by atoms with Gasteiger partial charge in [0.25, 0.3) is 0 Å². The first-order valence-electron chi connectivity index (χ1n) is 7.15. The molecule has 1 aromatic heterocycles. The van der Waals surface area contributed by atoms with Crippen molar-refractivity contribution in [1.82, 2.24) is 20.0 Å². The lowest BCUT2D eigenvalue weighted by Gasteiger charge is -2.22. The van der Waals surface area contributed by atoms with Gasteiger partial charge in [0.2, 0.25) is 0 Å². The summed E-state index contributed by atoms with van der Waals surface area (Å²) in [6, 6.07) is 9.18. The number of para-hydroxylation sites is 1. The van der Waals surface area contributed by atoms with E-state index in [2.05, 4.69) is 53.1 Å². The highest BCUT2D eigenvalue weighted by Crippen LogP contribution is 2.20. The highest BCUT2D eigenvalue weighted by atomic mass is 15.3. The van der Waals surface area contributed by atoms with Crippen LogP contribution in [0.4, 0.5) is 0 Å². The fraction of sp³-hybridized carbons (Fsp3) is 0.533. The number of aryl methyl sites for hydroxylation is 1. The van der Waals surface area contributed by atoms with Crippen molar-refractivity contribution in [3.63, 3.8) is 0 Å². The maximum absolute atomic E-state index is 4.77. The largest absolute Gasteiger partial charge is 0.315 e. The molecule has 0 bridgehead atoms. The van der Waals surface area contributed by atoms with Gasteiger partial charge in [-0.1, -0.05) is 18.2 Å². The first-order chi connectivity index (χ1) is 9.29. The summed E-state index contributed by atoms with van der Waals surface area (Å²) in [5.74, 6) is 0. The van der Waals surface area contributed by atoms with Crippen molar-refractivity contribution in [2.24, 2.45) is 0 Å². The predicted octanol–water partition coefficient (Wildman–Crippen LogP) is 1.85. The van der Waals surface area contributed by atoms with Crippen LogP contribution >= 0.6 is 0 Å². The fourth-order valence-corrected chi connectivity index (χ4v) is 2.94. The Morgan fingerprint density at radius 1 is 1.42 bits per heavy atom. The molecule has 1 aliphatic heterocycles. The minimum absolute atomic E-state index is 0.644. The van der Waals surface area contributed by atoms with Gasteiger partial charge < -0.3 is 5.32 Å². The van der Waals surface area contributed by atoms with Crippen LogP contribution in [-0.4, -0.2) is 40.9 Å². The molecule has 1 fully saturated rings. The molecule has 3 rings (SSSR count). The van der Waals surface area contributed by atoms with Crippen molar-refractivity contribution in [1.29, 1.82) is 0 Å². The third-order valence-electron chi connectivity index (χ3n) is 4.09. The number of benzene rings is 1. The average molecular weight is 258 g/mol. The fourth-order valence-electron chi connectivity index (χ4n) is 2.94. The van der Waals surface area contributed by atoms with E-state index < -0.39 is 0 Å². The number of fused-ring (bicyclic) bond motifs is 1. The Balaban J connectivity index is 1.87. The van der Waals surface area contributed by atoms with Gasteiger partial charge in [-0.3, -0.25) is 9.58 Å². The summed E-state index contributed by atoms with van der Waals surface area (Å²) >= 11 is 0. The van der Waals surface area contributed by atoms with Gasteiger partial charge >= 0.3 is 0 Å². The number of nitrogens with zero attached hydrogens (tertiary/aromatic N) is 3. The zero-order valence-corrected chi connectivity index (χ0v) is 11.8. The Hall–Kier alpha value is -1.39. The van der Waals surface area contributed by atoms with Crippen LogP contribution < -0.4 is 5.32 Å². The van der Waals surface area contributed by atoms with Gasteiger partial charge in [0.1, 0.15) is 0 Å². The normalized spacial score (nSPS) is 19.6. The molecule has 2 aromatic rings. The second-order valence-corrected chi connectivity index (χ2v) is 5.34. The Morgan fingerprint density at radius 3 is 3.00 bits per heavy atom. The highest BCUT2D eigenvalue weighted by Gasteiger charge is 2.21. The molecule has 19 heavy (non-hydrogen) atoms. The third kappa shape index (κ3) is 2.38. The second kappa shape index (κ2) is 5.31. The maximum Gasteiger partial charge on any atom is 0.0843 e. The molecule has 0 amide bonds. The first kappa shape index (κ1) is 12.6. The lowest BCUT2D eigenvalue weighted by atomic mass is 10.1. The van der Waals surface area contributed by atoms with Crippen LogP contribution in [0.3, 0.4) is 0 Å². The van der Waals surface area contributed by atoms with Crippen molar-refractivity contribution >= 4 is 10.9 Å². The molecule has 1 aromatic carbocycles. The number of likely N-dealkylation sites (N-methyl/N-ethyl adjacent to an activating group) is 1. The second-order valence-electron chi connectivity index (χ2n) is 5.34. The number of nitrogens with one attached hydrogen (secondary N) is 1. The van der Waals surface area contributed by atoms with Crippen molar-refractivity contribution in [2.45, 2.75) is 32.5 Å². The molecule has 1 N–H and O–H groups in total. The Bertz CT molecular complexity index is 554. The summed E-state index contributed by atoms with van der Waals surface area (Å²) in [4.78, 5) is 2.43. The summed E-state index contributed by atoms with van der Waals surface area (Å²) in [7, 11) is 2.21. The number of aromatic nitrogens is 2. The van der Waals surface area contributed by atoms with E-state index in [1.54, 1.807) is 0 Å². The lowest BCUT2D eigenvalue weighted by Crippen LogP contribution is -2.33. The third-order valence-corrected chi connectivity index (χ3v) is 4.09. The minimum Gasteiger partial charge on any atom is -0.315 e. The van der Waals surface area contributed by atoms with Gasteiger partial charge in [0.05, 0.1) is 11.2 Å². The Morgan fingerprint density at radius 2 is 2.26 bits per heavy atom. The van der Waals surface area contributed by atoms with E-state index in [1.165, 1.54) is 23.0 Å². The van der Waals surface area contributed by atoms with Crippen molar-refractivity contribution in [3.05, 3.63) is 30.0 Å². The minimum atomic E-state index is 0.644. The van der Waals surface area contributed by atoms with Crippen LogP contribution in [0.15, 0.2) is 24.3 Å². The average Bonchev–Trinajstić information content (AvgIpc) is 3.07. The van der Waals surface area contributed by atoms with Crippen LogP contribution in [-0.2, 0) is 13.1 Å². The molecule has 0 saturated carbocycles. The summed E-state index contributed by atoms with van der Waals surface area (Å²) in [5.41, 5.74) is 2.45. The molecule has 0 spiro atoms. The molecule has 2 heterocycles. The highest BCUT2D eigenvalue weighted by molar-refractivity contribution is 5.81. The van der Waals surface area contributed by atoms with E-state index in [0.29, 0.717) is 6.04 Å². The lowest BCUT2D eigenvalue weighted by molar-refractivity contribution is 0.246. The summed E-state index contributed by atoms with van der Waals surface area (Å²) in [6.07, 6.45) is 1.24. The SMILES string of the molecule is CCn1nc(CN(C)C2CCNC2)c2ccccc21. The number of hydrogen-bond acceptors (Lipinski definition) is 3. The summed E-state index contributed by atoms with van der Waals surface area (Å²) in [5, 5.41) is 9.49. The number of hydrogen-bond donors (Lipinski definition) is 1. The molecule has 0 aliphatic carbocycles. The molecule has 1 unspecified atom stereocenters. The summed E-state index contributed by atoms with van der Waals surface area (Å²) < 4.78 is 2.10. The molecular weight excluding hydrogens is 236 g/mol. The smallest absolute Gasteiger partial charge is 0.0843 e. The standard InChI is InChI=1S/C15H22N4/c1-3-19-15-7-5-4-6-13(15)14(17-19)11-18(2)12-8-9-16-10-12/h4-7,12,16H,3,8-11H2,1-2H3. The van der Waals surface area contributed by atoms with Crippen molar-refractivity contribution in [2.75, 3.05) is 20.1 Å². The molecule has 0 radical (unpaired) electrons. The Kier molecular flexibility index (Phi) is 3.53. The van der Waals surface area contributed by atoms with Crippen molar-refractivity contribution in [3.8, 4) is 0 Å². The van der Waals surface area contributed by atoms with Crippen LogP contribution in [0, 0.1) is 0 Å². The molecule has 1 saturated heterocycles. The van der Waals surface area contributed by atoms with E-state index in [0.717, 1.165) is 26.2 Å². The van der Waals surface area contributed by atoms with Crippen molar-refractivity contribution < 1.29 is 0 Å². The molecule has 4 nitrogen and oxygen atoms in total. The monoisotopic (exact) mass is 258 g/mol. The van der Waals surface area contributed by atoms with Gasteiger partial charge in [-0.05, 0) is 33.0 Å². The zero-order valence-electron chi connectivity index (χ0n) is 11.8. The van der Waals surface area contributed by atoms with E-state index in [1.807, 2.05) is 0 Å². The Labute approximate surface area is 114 Å². The molecule has 102 valence electrons. The van der Waals surface area contributed by atoms with E-state index >= 15 is 0 Å². The van der Waals surface area contributed by atoms with Crippen LogP contribution in [0.5, 0.6) is 0 Å². The van der Waals surface area contributed by atoms with E-state index in [4.69, 9.17) is 5.10 Å². The van der Waals surface area contributed by atoms with Gasteiger partial charge in [-0.2, -0.15) is 5.10 Å². The van der Waals surface area contributed by atoms with Gasteiger partial charge in [-0.15, -0.1) is 0 Å². The molecule has 1 aliphatic rings. The quantitative estimate of drug-likeness (QED) is 0.908.